The molecule has 11 aromatic rings. The van der Waals surface area contributed by atoms with Crippen molar-refractivity contribution in [2.75, 3.05) is 77.9 Å². The molecule has 0 unspecified atom stereocenters. The number of halogens is 2. The Morgan fingerprint density at radius 2 is 1.10 bits per heavy atom. The van der Waals surface area contributed by atoms with E-state index in [9.17, 15) is 8.78 Å². The van der Waals surface area contributed by atoms with Crippen LogP contribution in [0, 0.1) is 11.6 Å². The van der Waals surface area contributed by atoms with Gasteiger partial charge < -0.3 is 38.8 Å². The first-order valence-corrected chi connectivity index (χ1v) is 25.8. The minimum atomic E-state index is -0.416. The number of nitrogens with one attached hydrogen (secondary N) is 1. The van der Waals surface area contributed by atoms with Gasteiger partial charge in [-0.25, -0.2) is 28.7 Å². The summed E-state index contributed by atoms with van der Waals surface area (Å²) in [5.74, 6) is 3.39. The van der Waals surface area contributed by atoms with Gasteiger partial charge in [-0.1, -0.05) is 36.4 Å². The van der Waals surface area contributed by atoms with Gasteiger partial charge in [-0.15, -0.1) is 20.4 Å². The Labute approximate surface area is 450 Å². The van der Waals surface area contributed by atoms with Crippen molar-refractivity contribution in [1.29, 1.82) is 0 Å². The van der Waals surface area contributed by atoms with Crippen LogP contribution in [0.1, 0.15) is 39.9 Å². The summed E-state index contributed by atoms with van der Waals surface area (Å²) < 4.78 is 66.1. The van der Waals surface area contributed by atoms with Crippen LogP contribution in [0.4, 0.5) is 20.7 Å². The molecule has 13 rings (SSSR count). The monoisotopic (exact) mass is 1070 g/mol. The smallest absolute Gasteiger partial charge is 0.247 e. The third-order valence-electron chi connectivity index (χ3n) is 13.8. The molecular formula is C57H54F2N14O6. The molecule has 8 heterocycles. The Balaban J connectivity index is 0.000000164. The van der Waals surface area contributed by atoms with Gasteiger partial charge >= 0.3 is 0 Å². The SMILES string of the molecule is COc1ccc(CNc2nc3c(F)cccc3c3nc(Cc4ccc(-c5nnc(CN6CCOCC6)o5)cc4)cn23)c(OC)c1.Nc1nc2c(F)cccc2c2nc(Cc3ccc(-c4nnc(CN5CCOCC5)o4)cc3)cn12. The summed E-state index contributed by atoms with van der Waals surface area (Å²) in [4.78, 5) is 22.9. The zero-order valence-corrected chi connectivity index (χ0v) is 43.3. The molecular weight excluding hydrogens is 1010 g/mol. The summed E-state index contributed by atoms with van der Waals surface area (Å²) in [6.07, 6.45) is 4.93. The number of anilines is 2. The van der Waals surface area contributed by atoms with Gasteiger partial charge in [-0.2, -0.15) is 0 Å². The second kappa shape index (κ2) is 22.6. The van der Waals surface area contributed by atoms with Crippen LogP contribution in [0.2, 0.25) is 0 Å². The molecule has 0 radical (unpaired) electrons. The predicted molar refractivity (Wildman–Crippen MR) is 289 cm³/mol. The Morgan fingerprint density at radius 3 is 1.63 bits per heavy atom. The number of imidazole rings is 2. The Morgan fingerprint density at radius 1 is 0.582 bits per heavy atom. The van der Waals surface area contributed by atoms with Crippen molar-refractivity contribution >= 4 is 45.0 Å². The van der Waals surface area contributed by atoms with Gasteiger partial charge in [0.15, 0.2) is 0 Å². The molecule has 2 saturated heterocycles. The second-order valence-corrected chi connectivity index (χ2v) is 19.1. The van der Waals surface area contributed by atoms with E-state index in [1.165, 1.54) is 12.1 Å². The lowest BCUT2D eigenvalue weighted by atomic mass is 10.1. The van der Waals surface area contributed by atoms with Crippen molar-refractivity contribution in [2.45, 2.75) is 32.5 Å². The minimum Gasteiger partial charge on any atom is -0.497 e. The van der Waals surface area contributed by atoms with E-state index >= 15 is 0 Å². The van der Waals surface area contributed by atoms with Crippen molar-refractivity contribution in [3.63, 3.8) is 0 Å². The number of ether oxygens (including phenoxy) is 4. The maximum atomic E-state index is 14.9. The van der Waals surface area contributed by atoms with Crippen LogP contribution in [0.25, 0.3) is 56.0 Å². The number of nitrogen functional groups attached to an aromatic ring is 1. The number of para-hydroxylation sites is 2. The molecule has 6 aromatic heterocycles. The largest absolute Gasteiger partial charge is 0.497 e. The molecule has 3 N–H and O–H groups in total. The average molecular weight is 1070 g/mol. The molecule has 79 heavy (non-hydrogen) atoms. The maximum absolute atomic E-state index is 14.9. The van der Waals surface area contributed by atoms with Crippen LogP contribution < -0.4 is 20.5 Å². The number of hydrogen-bond acceptors (Lipinski definition) is 18. The predicted octanol–water partition coefficient (Wildman–Crippen LogP) is 8.20. The number of methoxy groups -OCH3 is 2. The molecule has 0 amide bonds. The van der Waals surface area contributed by atoms with Crippen molar-refractivity contribution in [1.82, 2.24) is 58.9 Å². The minimum absolute atomic E-state index is 0.200. The summed E-state index contributed by atoms with van der Waals surface area (Å²) >= 11 is 0. The second-order valence-electron chi connectivity index (χ2n) is 19.1. The highest BCUT2D eigenvalue weighted by Gasteiger charge is 2.20. The number of nitrogens with two attached hydrogens (primary N) is 1. The van der Waals surface area contributed by atoms with E-state index < -0.39 is 11.6 Å². The molecule has 0 spiro atoms. The highest BCUT2D eigenvalue weighted by molar-refractivity contribution is 5.94. The Bertz CT molecular complexity index is 3930. The lowest BCUT2D eigenvalue weighted by molar-refractivity contribution is 0.0305. The van der Waals surface area contributed by atoms with Gasteiger partial charge in [0.2, 0.25) is 35.5 Å². The van der Waals surface area contributed by atoms with E-state index in [1.807, 2.05) is 89.6 Å². The molecule has 0 bridgehead atoms. The summed E-state index contributed by atoms with van der Waals surface area (Å²) in [7, 11) is 3.22. The van der Waals surface area contributed by atoms with Gasteiger partial charge in [0.1, 0.15) is 45.5 Å². The van der Waals surface area contributed by atoms with Crippen molar-refractivity contribution in [3.05, 3.63) is 167 Å². The van der Waals surface area contributed by atoms with E-state index in [4.69, 9.17) is 43.5 Å². The number of hydrogen-bond donors (Lipinski definition) is 2. The molecule has 2 fully saturated rings. The molecule has 2 aliphatic rings. The number of benzene rings is 5. The van der Waals surface area contributed by atoms with Crippen molar-refractivity contribution in [2.24, 2.45) is 0 Å². The summed E-state index contributed by atoms with van der Waals surface area (Å²) in [6, 6.07) is 31.2. The Hall–Kier alpha value is -8.96. The van der Waals surface area contributed by atoms with Crippen LogP contribution in [0.3, 0.4) is 0 Å². The number of rotatable bonds is 15. The number of morpholine rings is 2. The van der Waals surface area contributed by atoms with E-state index in [0.717, 1.165) is 91.8 Å². The van der Waals surface area contributed by atoms with Gasteiger partial charge in [-0.3, -0.25) is 18.6 Å². The third-order valence-corrected chi connectivity index (χ3v) is 13.8. The van der Waals surface area contributed by atoms with Crippen molar-refractivity contribution in [3.8, 4) is 34.4 Å². The first-order chi connectivity index (χ1) is 38.7. The molecule has 0 saturated carbocycles. The van der Waals surface area contributed by atoms with Crippen LogP contribution in [0.15, 0.2) is 124 Å². The van der Waals surface area contributed by atoms with Gasteiger partial charge in [-0.05, 0) is 71.8 Å². The van der Waals surface area contributed by atoms with E-state index in [-0.39, 0.29) is 17.0 Å². The molecule has 2 aliphatic heterocycles. The van der Waals surface area contributed by atoms with Gasteiger partial charge in [0, 0.05) is 91.5 Å². The van der Waals surface area contributed by atoms with E-state index in [0.29, 0.717) is 95.6 Å². The number of aromatic nitrogens is 10. The average Bonchev–Trinajstić information content (AvgIpc) is 4.38. The van der Waals surface area contributed by atoms with Crippen LogP contribution in [-0.4, -0.2) is 126 Å². The standard InChI is InChI=1S/C33H32FN7O4.C24H22FN7O2/c1-42-25-11-10-23(28(17-25)43-2)18-35-33-37-30-26(4-3-5-27(30)34)31-36-24(19-41(31)33)16-21-6-8-22(9-7-21)32-39-38-29(45-32)20-40-12-14-44-15-13-40;25-19-3-1-2-18-21(19)28-24(26)32-13-17(27-22(18)32)12-15-4-6-16(7-5-15)23-30-29-20(34-23)14-31-8-10-33-11-9-31/h3-11,17,19H,12-16,18,20H2,1-2H3,(H,35,37);1-7,13H,8-12,14H2,(H2,26,28). The van der Waals surface area contributed by atoms with E-state index in [1.54, 1.807) is 36.8 Å². The summed E-state index contributed by atoms with van der Waals surface area (Å²) in [6.45, 7) is 7.95. The highest BCUT2D eigenvalue weighted by atomic mass is 19.1. The molecule has 0 aliphatic carbocycles. The Kier molecular flexibility index (Phi) is 14.5. The topological polar surface area (TPSA) is 220 Å². The molecule has 20 nitrogen and oxygen atoms in total. The quantitative estimate of drug-likeness (QED) is 0.0988. The summed E-state index contributed by atoms with van der Waals surface area (Å²) in [5.41, 5.74) is 14.1. The van der Waals surface area contributed by atoms with Crippen LogP contribution in [0.5, 0.6) is 11.5 Å². The fourth-order valence-corrected chi connectivity index (χ4v) is 9.71. The summed E-state index contributed by atoms with van der Waals surface area (Å²) in [5, 5.41) is 21.5. The third kappa shape index (κ3) is 11.1. The maximum Gasteiger partial charge on any atom is 0.247 e. The fourth-order valence-electron chi connectivity index (χ4n) is 9.71. The lowest BCUT2D eigenvalue weighted by Crippen LogP contribution is -2.35. The zero-order chi connectivity index (χ0) is 53.8. The normalized spacial score (nSPS) is 14.3. The molecule has 0 atom stereocenters. The van der Waals surface area contributed by atoms with Crippen LogP contribution in [-0.2, 0) is 41.9 Å². The fraction of sp³-hybridized carbons (Fsp3) is 0.263. The van der Waals surface area contributed by atoms with E-state index in [2.05, 4.69) is 45.5 Å². The molecule has 402 valence electrons. The van der Waals surface area contributed by atoms with Crippen LogP contribution >= 0.6 is 0 Å². The first-order valence-electron chi connectivity index (χ1n) is 25.8. The van der Waals surface area contributed by atoms with Gasteiger partial charge in [0.05, 0.1) is 65.1 Å². The first kappa shape index (κ1) is 50.8. The highest BCUT2D eigenvalue weighted by Crippen LogP contribution is 2.30. The van der Waals surface area contributed by atoms with Gasteiger partial charge in [0.25, 0.3) is 0 Å². The van der Waals surface area contributed by atoms with Crippen molar-refractivity contribution < 1.29 is 36.6 Å². The number of fused-ring (bicyclic) bond motifs is 6. The molecule has 5 aromatic carbocycles. The lowest BCUT2D eigenvalue weighted by Gasteiger charge is -2.24. The zero-order valence-electron chi connectivity index (χ0n) is 43.3. The number of nitrogens with zero attached hydrogens (tertiary/aromatic N) is 12. The molecule has 22 heteroatoms.